The molecule has 0 amide bonds. The van der Waals surface area contributed by atoms with E-state index < -0.39 is 88.6 Å². The average Bonchev–Trinajstić information content (AvgIpc) is 2.96. The number of ether oxygens (including phenoxy) is 3. The molecule has 9 N–H and O–H groups in total. The van der Waals surface area contributed by atoms with Crippen LogP contribution in [-0.4, -0.2) is 89.2 Å². The summed E-state index contributed by atoms with van der Waals surface area (Å²) in [6, 6.07) is 8.81. The number of carbonyl (C=O) groups excluding carboxylic acids is 1. The highest BCUT2D eigenvalue weighted by molar-refractivity contribution is 5.91. The van der Waals surface area contributed by atoms with Gasteiger partial charge in [0.05, 0.1) is 5.56 Å². The maximum absolute atomic E-state index is 13.5. The predicted molar refractivity (Wildman–Crippen MR) is 142 cm³/mol. The first kappa shape index (κ1) is 29.3. The highest BCUT2D eigenvalue weighted by Gasteiger charge is 2.46. The number of hydrogen-bond donors (Lipinski definition) is 9. The van der Waals surface area contributed by atoms with Gasteiger partial charge in [0.1, 0.15) is 59.2 Å². The van der Waals surface area contributed by atoms with Gasteiger partial charge in [0.25, 0.3) is 0 Å². The van der Waals surface area contributed by atoms with E-state index in [-0.39, 0.29) is 28.2 Å². The van der Waals surface area contributed by atoms with E-state index in [2.05, 4.69) is 0 Å². The van der Waals surface area contributed by atoms with Crippen molar-refractivity contribution in [3.05, 3.63) is 64.3 Å². The molecular formula is C28H24O15. The maximum atomic E-state index is 13.5. The van der Waals surface area contributed by atoms with Crippen LogP contribution in [0.2, 0.25) is 0 Å². The van der Waals surface area contributed by atoms with Gasteiger partial charge in [-0.3, -0.25) is 4.79 Å². The van der Waals surface area contributed by atoms with Crippen LogP contribution in [0.25, 0.3) is 22.3 Å². The molecule has 1 fully saturated rings. The zero-order chi connectivity index (χ0) is 31.2. The molecule has 226 valence electrons. The van der Waals surface area contributed by atoms with Crippen LogP contribution in [0.1, 0.15) is 10.4 Å². The lowest BCUT2D eigenvalue weighted by atomic mass is 9.99. The lowest BCUT2D eigenvalue weighted by Crippen LogP contribution is -2.60. The second-order valence-corrected chi connectivity index (χ2v) is 9.57. The topological polar surface area (TPSA) is 257 Å². The number of hydrogen-bond acceptors (Lipinski definition) is 15. The summed E-state index contributed by atoms with van der Waals surface area (Å²) in [6.07, 6.45) is -9.19. The molecular weight excluding hydrogens is 576 g/mol. The van der Waals surface area contributed by atoms with E-state index in [0.717, 1.165) is 24.3 Å². The Bertz CT molecular complexity index is 1720. The van der Waals surface area contributed by atoms with Gasteiger partial charge in [0.15, 0.2) is 23.0 Å². The zero-order valence-electron chi connectivity index (χ0n) is 21.7. The molecule has 2 heterocycles. The third-order valence-corrected chi connectivity index (χ3v) is 6.63. The van der Waals surface area contributed by atoms with Gasteiger partial charge in [0.2, 0.25) is 17.5 Å². The lowest BCUT2D eigenvalue weighted by Gasteiger charge is -2.39. The first-order chi connectivity index (χ1) is 20.3. The van der Waals surface area contributed by atoms with Crippen molar-refractivity contribution in [1.29, 1.82) is 0 Å². The summed E-state index contributed by atoms with van der Waals surface area (Å²) in [5.41, 5.74) is -1.43. The van der Waals surface area contributed by atoms with Crippen LogP contribution < -0.4 is 10.2 Å². The summed E-state index contributed by atoms with van der Waals surface area (Å²) in [5, 5.41) is 89.8. The molecule has 3 aromatic carbocycles. The molecule has 15 heteroatoms. The third-order valence-electron chi connectivity index (χ3n) is 6.63. The summed E-state index contributed by atoms with van der Waals surface area (Å²) in [4.78, 5) is 26.0. The van der Waals surface area contributed by atoms with E-state index in [1.165, 1.54) is 24.3 Å². The van der Waals surface area contributed by atoms with Gasteiger partial charge < -0.3 is 64.6 Å². The number of aromatic hydroxyl groups is 6. The van der Waals surface area contributed by atoms with E-state index >= 15 is 0 Å². The molecule has 0 unspecified atom stereocenters. The van der Waals surface area contributed by atoms with Gasteiger partial charge in [-0.15, -0.1) is 0 Å². The molecule has 0 saturated carbocycles. The van der Waals surface area contributed by atoms with Crippen LogP contribution >= 0.6 is 0 Å². The Morgan fingerprint density at radius 1 is 0.791 bits per heavy atom. The highest BCUT2D eigenvalue weighted by Crippen LogP contribution is 2.38. The van der Waals surface area contributed by atoms with Crippen molar-refractivity contribution >= 4 is 16.9 Å². The molecule has 1 aliphatic heterocycles. The van der Waals surface area contributed by atoms with Gasteiger partial charge in [-0.1, -0.05) is 0 Å². The fraction of sp³-hybridized carbons (Fsp3) is 0.214. The molecule has 0 radical (unpaired) electrons. The van der Waals surface area contributed by atoms with Crippen LogP contribution in [0, 0.1) is 0 Å². The Hall–Kier alpha value is -5.22. The lowest BCUT2D eigenvalue weighted by molar-refractivity contribution is -0.277. The Morgan fingerprint density at radius 2 is 1.44 bits per heavy atom. The highest BCUT2D eigenvalue weighted by atomic mass is 16.7. The standard InChI is InChI=1S/C28H24O15/c29-12-3-1-10(2-4-12)25-26(22(36)19-14(31)7-13(30)8-17(19)41-25)43-28-24(38)23(37)21(35)18(42-28)9-40-27(39)11-5-15(32)20(34)16(33)6-11/h1-8,18,21,23-24,28-35,37-38H,9H2/t18-,21+,23+,24+,28-/m0/s1. The van der Waals surface area contributed by atoms with Crippen LogP contribution in [0.3, 0.4) is 0 Å². The summed E-state index contributed by atoms with van der Waals surface area (Å²) in [7, 11) is 0. The smallest absolute Gasteiger partial charge is 0.338 e. The van der Waals surface area contributed by atoms with Crippen molar-refractivity contribution in [1.82, 2.24) is 0 Å². The molecule has 1 saturated heterocycles. The van der Waals surface area contributed by atoms with E-state index in [1.807, 2.05) is 0 Å². The number of phenolic OH excluding ortho intramolecular Hbond substituents is 6. The molecule has 4 aromatic rings. The molecule has 0 bridgehead atoms. The van der Waals surface area contributed by atoms with Crippen molar-refractivity contribution in [2.75, 3.05) is 6.61 Å². The Morgan fingerprint density at radius 3 is 2.09 bits per heavy atom. The fourth-order valence-corrected chi connectivity index (χ4v) is 4.41. The summed E-state index contributed by atoms with van der Waals surface area (Å²) in [5.74, 6) is -5.74. The van der Waals surface area contributed by atoms with Gasteiger partial charge >= 0.3 is 5.97 Å². The molecule has 15 nitrogen and oxygen atoms in total. The summed E-state index contributed by atoms with van der Waals surface area (Å²) < 4.78 is 22.0. The largest absolute Gasteiger partial charge is 0.508 e. The fourth-order valence-electron chi connectivity index (χ4n) is 4.41. The van der Waals surface area contributed by atoms with Crippen LogP contribution in [-0.2, 0) is 9.47 Å². The Kier molecular flexibility index (Phi) is 7.64. The monoisotopic (exact) mass is 600 g/mol. The van der Waals surface area contributed by atoms with Crippen molar-refractivity contribution in [3.63, 3.8) is 0 Å². The molecule has 1 aromatic heterocycles. The van der Waals surface area contributed by atoms with Crippen LogP contribution in [0.4, 0.5) is 0 Å². The first-order valence-corrected chi connectivity index (χ1v) is 12.5. The second kappa shape index (κ2) is 11.2. The van der Waals surface area contributed by atoms with Gasteiger partial charge in [-0.25, -0.2) is 4.79 Å². The number of carbonyl (C=O) groups is 1. The Balaban J connectivity index is 1.47. The molecule has 43 heavy (non-hydrogen) atoms. The quantitative estimate of drug-likeness (QED) is 0.109. The minimum Gasteiger partial charge on any atom is -0.508 e. The predicted octanol–water partition coefficient (Wildman–Crippen LogP) is 0.737. The maximum Gasteiger partial charge on any atom is 0.338 e. The van der Waals surface area contributed by atoms with E-state index in [0.29, 0.717) is 0 Å². The van der Waals surface area contributed by atoms with Crippen molar-refractivity contribution in [2.45, 2.75) is 30.7 Å². The van der Waals surface area contributed by atoms with E-state index in [4.69, 9.17) is 18.6 Å². The SMILES string of the molecule is O=C(OC[C@@H]1O[C@@H](Oc2c(-c3ccc(O)cc3)oc3cc(O)cc(O)c3c2=O)[C@H](O)[C@H](O)[C@@H]1O)c1cc(O)c(O)c(O)c1. The number of aliphatic hydroxyl groups excluding tert-OH is 3. The number of phenols is 6. The summed E-state index contributed by atoms with van der Waals surface area (Å²) >= 11 is 0. The van der Waals surface area contributed by atoms with Gasteiger partial charge in [-0.2, -0.15) is 0 Å². The number of rotatable bonds is 6. The summed E-state index contributed by atoms with van der Waals surface area (Å²) in [6.45, 7) is -0.761. The van der Waals surface area contributed by atoms with Crippen molar-refractivity contribution in [3.8, 4) is 51.6 Å². The zero-order valence-corrected chi connectivity index (χ0v) is 21.7. The second-order valence-electron chi connectivity index (χ2n) is 9.57. The normalized spacial score (nSPS) is 21.9. The first-order valence-electron chi connectivity index (χ1n) is 12.5. The minimum absolute atomic E-state index is 0.122. The van der Waals surface area contributed by atoms with Crippen LogP contribution in [0.15, 0.2) is 57.7 Å². The van der Waals surface area contributed by atoms with Crippen molar-refractivity contribution in [2.24, 2.45) is 0 Å². The molecule has 5 atom stereocenters. The Labute approximate surface area is 239 Å². The van der Waals surface area contributed by atoms with Crippen molar-refractivity contribution < 1.29 is 69.4 Å². The number of fused-ring (bicyclic) bond motifs is 1. The molecule has 0 aliphatic carbocycles. The van der Waals surface area contributed by atoms with Crippen LogP contribution in [0.5, 0.6) is 40.2 Å². The number of benzene rings is 3. The molecule has 5 rings (SSSR count). The average molecular weight is 600 g/mol. The minimum atomic E-state index is -1.97. The van der Waals surface area contributed by atoms with Gasteiger partial charge in [-0.05, 0) is 36.4 Å². The van der Waals surface area contributed by atoms with E-state index in [9.17, 15) is 55.5 Å². The molecule has 1 aliphatic rings. The number of aliphatic hydroxyl groups is 3. The molecule has 0 spiro atoms. The number of esters is 1. The third kappa shape index (κ3) is 5.52. The van der Waals surface area contributed by atoms with Gasteiger partial charge in [0, 0.05) is 17.7 Å². The van der Waals surface area contributed by atoms with E-state index in [1.54, 1.807) is 0 Å².